The van der Waals surface area contributed by atoms with Gasteiger partial charge in [0.2, 0.25) is 0 Å². The summed E-state index contributed by atoms with van der Waals surface area (Å²) >= 11 is 3.14. The van der Waals surface area contributed by atoms with E-state index in [0.29, 0.717) is 11.0 Å². The first-order chi connectivity index (χ1) is 8.56. The van der Waals surface area contributed by atoms with Crippen molar-refractivity contribution >= 4 is 21.6 Å². The molecular weight excluding hydrogens is 300 g/mol. The first kappa shape index (κ1) is 13.0. The van der Waals surface area contributed by atoms with Gasteiger partial charge < -0.3 is 5.32 Å². The second kappa shape index (κ2) is 5.48. The minimum atomic E-state index is -0.288. The number of benzene rings is 2. The molecule has 4 heteroatoms. The highest BCUT2D eigenvalue weighted by atomic mass is 79.9. The number of aryl methyl sites for hydroxylation is 1. The number of anilines is 1. The standard InChI is InChI=1S/C14H12BrF2N/c1-9-5-13(17)12(15)7-14(9)18-8-10-3-2-4-11(16)6-10/h2-7,18H,8H2,1H3. The maximum atomic E-state index is 13.3. The van der Waals surface area contributed by atoms with Gasteiger partial charge in [-0.05, 0) is 58.2 Å². The van der Waals surface area contributed by atoms with Crippen LogP contribution in [-0.2, 0) is 6.54 Å². The van der Waals surface area contributed by atoms with Crippen LogP contribution in [0.25, 0.3) is 0 Å². The molecule has 0 radical (unpaired) electrons. The molecule has 0 spiro atoms. The lowest BCUT2D eigenvalue weighted by atomic mass is 10.1. The van der Waals surface area contributed by atoms with Crippen LogP contribution >= 0.6 is 15.9 Å². The SMILES string of the molecule is Cc1cc(F)c(Br)cc1NCc1cccc(F)c1. The third-order valence-electron chi connectivity index (χ3n) is 2.64. The third kappa shape index (κ3) is 3.07. The van der Waals surface area contributed by atoms with Gasteiger partial charge in [-0.1, -0.05) is 12.1 Å². The average molecular weight is 312 g/mol. The normalized spacial score (nSPS) is 10.4. The van der Waals surface area contributed by atoms with Crippen molar-refractivity contribution in [3.05, 3.63) is 63.6 Å². The van der Waals surface area contributed by atoms with Gasteiger partial charge in [-0.2, -0.15) is 0 Å². The number of nitrogens with one attached hydrogen (secondary N) is 1. The Kier molecular flexibility index (Phi) is 3.97. The third-order valence-corrected chi connectivity index (χ3v) is 3.25. The Morgan fingerprint density at radius 2 is 1.94 bits per heavy atom. The van der Waals surface area contributed by atoms with Crippen LogP contribution in [0.3, 0.4) is 0 Å². The van der Waals surface area contributed by atoms with E-state index >= 15 is 0 Å². The van der Waals surface area contributed by atoms with Gasteiger partial charge >= 0.3 is 0 Å². The molecule has 2 aromatic carbocycles. The molecule has 2 rings (SSSR count). The highest BCUT2D eigenvalue weighted by Gasteiger charge is 2.05. The second-order valence-corrected chi connectivity index (χ2v) is 4.92. The van der Waals surface area contributed by atoms with Crippen LogP contribution in [0.5, 0.6) is 0 Å². The molecule has 18 heavy (non-hydrogen) atoms. The summed E-state index contributed by atoms with van der Waals surface area (Å²) in [6.45, 7) is 2.32. The summed E-state index contributed by atoms with van der Waals surface area (Å²) in [7, 11) is 0. The van der Waals surface area contributed by atoms with Crippen LogP contribution in [0, 0.1) is 18.6 Å². The molecule has 0 saturated carbocycles. The van der Waals surface area contributed by atoms with Gasteiger partial charge in [0.15, 0.2) is 0 Å². The van der Waals surface area contributed by atoms with Gasteiger partial charge in [-0.15, -0.1) is 0 Å². The van der Waals surface area contributed by atoms with Crippen LogP contribution in [0.2, 0.25) is 0 Å². The van der Waals surface area contributed by atoms with Gasteiger partial charge in [0.1, 0.15) is 11.6 Å². The van der Waals surface area contributed by atoms with Crippen molar-refractivity contribution in [3.8, 4) is 0 Å². The van der Waals surface area contributed by atoms with Crippen molar-refractivity contribution in [3.63, 3.8) is 0 Å². The summed E-state index contributed by atoms with van der Waals surface area (Å²) in [5.74, 6) is -0.546. The Morgan fingerprint density at radius 1 is 1.17 bits per heavy atom. The highest BCUT2D eigenvalue weighted by molar-refractivity contribution is 9.10. The highest BCUT2D eigenvalue weighted by Crippen LogP contribution is 2.24. The summed E-state index contributed by atoms with van der Waals surface area (Å²) < 4.78 is 26.7. The molecule has 0 bridgehead atoms. The zero-order chi connectivity index (χ0) is 13.1. The first-order valence-electron chi connectivity index (χ1n) is 5.50. The molecule has 94 valence electrons. The van der Waals surface area contributed by atoms with Gasteiger partial charge in [-0.3, -0.25) is 0 Å². The van der Waals surface area contributed by atoms with Crippen molar-refractivity contribution in [2.45, 2.75) is 13.5 Å². The fourth-order valence-corrected chi connectivity index (χ4v) is 2.02. The van der Waals surface area contributed by atoms with E-state index in [1.807, 2.05) is 13.0 Å². The van der Waals surface area contributed by atoms with Gasteiger partial charge in [0, 0.05) is 12.2 Å². The largest absolute Gasteiger partial charge is 0.381 e. The molecule has 0 amide bonds. The van der Waals surface area contributed by atoms with Gasteiger partial charge in [0.05, 0.1) is 4.47 Å². The van der Waals surface area contributed by atoms with E-state index in [1.54, 1.807) is 12.1 Å². The van der Waals surface area contributed by atoms with E-state index in [2.05, 4.69) is 21.2 Å². The first-order valence-corrected chi connectivity index (χ1v) is 6.29. The quantitative estimate of drug-likeness (QED) is 0.870. The zero-order valence-electron chi connectivity index (χ0n) is 9.81. The minimum absolute atomic E-state index is 0.258. The fraction of sp³-hybridized carbons (Fsp3) is 0.143. The van der Waals surface area contributed by atoms with Crippen LogP contribution in [0.15, 0.2) is 40.9 Å². The number of hydrogen-bond acceptors (Lipinski definition) is 1. The maximum Gasteiger partial charge on any atom is 0.137 e. The lowest BCUT2D eigenvalue weighted by molar-refractivity contribution is 0.620. The van der Waals surface area contributed by atoms with Crippen molar-refractivity contribution in [1.29, 1.82) is 0 Å². The Bertz CT molecular complexity index is 570. The smallest absolute Gasteiger partial charge is 0.137 e. The molecule has 0 atom stereocenters. The number of halogens is 3. The van der Waals surface area contributed by atoms with Crippen molar-refractivity contribution in [1.82, 2.24) is 0 Å². The van der Waals surface area contributed by atoms with Crippen molar-refractivity contribution in [2.24, 2.45) is 0 Å². The van der Waals surface area contributed by atoms with Crippen LogP contribution in [0.4, 0.5) is 14.5 Å². The number of rotatable bonds is 3. The van der Waals surface area contributed by atoms with E-state index in [1.165, 1.54) is 18.2 Å². The van der Waals surface area contributed by atoms with E-state index in [9.17, 15) is 8.78 Å². The summed E-state index contributed by atoms with van der Waals surface area (Å²) in [6.07, 6.45) is 0. The summed E-state index contributed by atoms with van der Waals surface area (Å²) in [4.78, 5) is 0. The molecule has 0 heterocycles. The van der Waals surface area contributed by atoms with E-state index in [0.717, 1.165) is 16.8 Å². The molecule has 0 unspecified atom stereocenters. The second-order valence-electron chi connectivity index (χ2n) is 4.06. The van der Waals surface area contributed by atoms with Crippen molar-refractivity contribution < 1.29 is 8.78 Å². The minimum Gasteiger partial charge on any atom is -0.381 e. The predicted molar refractivity (Wildman–Crippen MR) is 72.6 cm³/mol. The van der Waals surface area contributed by atoms with Crippen LogP contribution < -0.4 is 5.32 Å². The Labute approximate surface area is 113 Å². The molecule has 1 N–H and O–H groups in total. The Morgan fingerprint density at radius 3 is 2.67 bits per heavy atom. The lowest BCUT2D eigenvalue weighted by Gasteiger charge is -2.10. The predicted octanol–water partition coefficient (Wildman–Crippen LogP) is 4.65. The molecule has 0 fully saturated rings. The molecule has 1 nitrogen and oxygen atoms in total. The van der Waals surface area contributed by atoms with E-state index < -0.39 is 0 Å². The monoisotopic (exact) mass is 311 g/mol. The van der Waals surface area contributed by atoms with Crippen LogP contribution in [0.1, 0.15) is 11.1 Å². The van der Waals surface area contributed by atoms with Crippen LogP contribution in [-0.4, -0.2) is 0 Å². The molecule has 0 aliphatic heterocycles. The molecular formula is C14H12BrF2N. The molecule has 0 aliphatic rings. The molecule has 0 aliphatic carbocycles. The summed E-state index contributed by atoms with van der Waals surface area (Å²) in [5.41, 5.74) is 2.48. The van der Waals surface area contributed by atoms with Gasteiger partial charge in [0.25, 0.3) is 0 Å². The fourth-order valence-electron chi connectivity index (χ4n) is 1.68. The Balaban J connectivity index is 2.13. The topological polar surface area (TPSA) is 12.0 Å². The maximum absolute atomic E-state index is 13.3. The van der Waals surface area contributed by atoms with E-state index in [-0.39, 0.29) is 11.6 Å². The lowest BCUT2D eigenvalue weighted by Crippen LogP contribution is -2.02. The summed E-state index contributed by atoms with van der Waals surface area (Å²) in [6, 6.07) is 9.52. The molecule has 0 saturated heterocycles. The van der Waals surface area contributed by atoms with Crippen molar-refractivity contribution in [2.75, 3.05) is 5.32 Å². The van der Waals surface area contributed by atoms with E-state index in [4.69, 9.17) is 0 Å². The zero-order valence-corrected chi connectivity index (χ0v) is 11.4. The Hall–Kier alpha value is -1.42. The van der Waals surface area contributed by atoms with Gasteiger partial charge in [-0.25, -0.2) is 8.78 Å². The number of hydrogen-bond donors (Lipinski definition) is 1. The molecule has 0 aromatic heterocycles. The molecule has 2 aromatic rings. The summed E-state index contributed by atoms with van der Waals surface area (Å²) in [5, 5.41) is 3.16. The average Bonchev–Trinajstić information content (AvgIpc) is 2.32.